The van der Waals surface area contributed by atoms with Crippen LogP contribution in [0.3, 0.4) is 0 Å². The maximum absolute atomic E-state index is 4.11. The van der Waals surface area contributed by atoms with Crippen LogP contribution in [0.25, 0.3) is 0 Å². The largest absolute Gasteiger partial charge is 0.303 e. The molecule has 0 saturated carbocycles. The number of halogens is 1. The van der Waals surface area contributed by atoms with Crippen LogP contribution >= 0.6 is 15.9 Å². The van der Waals surface area contributed by atoms with Gasteiger partial charge in [0.1, 0.15) is 0 Å². The summed E-state index contributed by atoms with van der Waals surface area (Å²) in [7, 11) is 1.76. The third-order valence-electron chi connectivity index (χ3n) is 2.49. The van der Waals surface area contributed by atoms with Crippen LogP contribution < -0.4 is 5.32 Å². The molecule has 1 atom stereocenters. The fourth-order valence-electron chi connectivity index (χ4n) is 1.51. The number of aromatic nitrogens is 4. The lowest BCUT2D eigenvalue weighted by atomic mass is 10.1. The van der Waals surface area contributed by atoms with E-state index in [2.05, 4.69) is 55.7 Å². The van der Waals surface area contributed by atoms with Gasteiger partial charge in [0.25, 0.3) is 0 Å². The van der Waals surface area contributed by atoms with Gasteiger partial charge in [-0.05, 0) is 29.8 Å². The summed E-state index contributed by atoms with van der Waals surface area (Å²) >= 11 is 3.42. The molecule has 5 nitrogen and oxygen atoms in total. The van der Waals surface area contributed by atoms with Gasteiger partial charge < -0.3 is 5.32 Å². The van der Waals surface area contributed by atoms with E-state index in [0.717, 1.165) is 4.47 Å². The molecule has 90 valence electrons. The van der Waals surface area contributed by atoms with Gasteiger partial charge >= 0.3 is 0 Å². The van der Waals surface area contributed by atoms with Gasteiger partial charge in [0.05, 0.1) is 13.6 Å². The second kappa shape index (κ2) is 5.37. The summed E-state index contributed by atoms with van der Waals surface area (Å²) in [5, 5.41) is 15.2. The van der Waals surface area contributed by atoms with E-state index >= 15 is 0 Å². The molecule has 1 N–H and O–H groups in total. The van der Waals surface area contributed by atoms with E-state index in [1.54, 1.807) is 7.05 Å². The summed E-state index contributed by atoms with van der Waals surface area (Å²) in [6.07, 6.45) is 0. The summed E-state index contributed by atoms with van der Waals surface area (Å²) < 4.78 is 1.09. The molecule has 17 heavy (non-hydrogen) atoms. The molecule has 0 aliphatic heterocycles. The molecule has 0 unspecified atom stereocenters. The molecule has 1 heterocycles. The topological polar surface area (TPSA) is 55.6 Å². The number of aryl methyl sites for hydroxylation is 1. The minimum Gasteiger partial charge on any atom is -0.303 e. The Morgan fingerprint density at radius 2 is 2.06 bits per heavy atom. The van der Waals surface area contributed by atoms with Crippen LogP contribution in [0.15, 0.2) is 28.7 Å². The Labute approximate surface area is 108 Å². The molecular weight excluding hydrogens is 282 g/mol. The number of nitrogens with zero attached hydrogens (tertiary/aromatic N) is 4. The first kappa shape index (κ1) is 12.2. The summed E-state index contributed by atoms with van der Waals surface area (Å²) in [5.74, 6) is 0.705. The van der Waals surface area contributed by atoms with Gasteiger partial charge in [-0.25, -0.2) is 0 Å². The Morgan fingerprint density at radius 1 is 1.35 bits per heavy atom. The van der Waals surface area contributed by atoms with Crippen molar-refractivity contribution in [3.05, 3.63) is 40.1 Å². The Balaban J connectivity index is 1.93. The van der Waals surface area contributed by atoms with Gasteiger partial charge in [-0.15, -0.1) is 10.2 Å². The molecule has 0 bridgehead atoms. The van der Waals surface area contributed by atoms with Gasteiger partial charge in [0.2, 0.25) is 0 Å². The highest BCUT2D eigenvalue weighted by atomic mass is 79.9. The SMILES string of the molecule is C[C@H](NCc1nnn(C)n1)c1ccc(Br)cc1. The maximum atomic E-state index is 4.11. The lowest BCUT2D eigenvalue weighted by Gasteiger charge is -2.12. The highest BCUT2D eigenvalue weighted by molar-refractivity contribution is 9.10. The zero-order valence-electron chi connectivity index (χ0n) is 9.76. The first-order chi connectivity index (χ1) is 8.15. The van der Waals surface area contributed by atoms with Gasteiger partial charge in [0, 0.05) is 10.5 Å². The van der Waals surface area contributed by atoms with Crippen molar-refractivity contribution in [2.24, 2.45) is 7.05 Å². The number of rotatable bonds is 4. The second-order valence-corrected chi connectivity index (χ2v) is 4.76. The number of tetrazole rings is 1. The van der Waals surface area contributed by atoms with E-state index in [1.165, 1.54) is 10.4 Å². The van der Waals surface area contributed by atoms with Crippen molar-refractivity contribution < 1.29 is 0 Å². The monoisotopic (exact) mass is 295 g/mol. The van der Waals surface area contributed by atoms with Crippen LogP contribution in [-0.2, 0) is 13.6 Å². The van der Waals surface area contributed by atoms with Crippen molar-refractivity contribution in [3.8, 4) is 0 Å². The summed E-state index contributed by atoms with van der Waals surface area (Å²) in [6.45, 7) is 2.73. The zero-order chi connectivity index (χ0) is 12.3. The van der Waals surface area contributed by atoms with Crippen molar-refractivity contribution in [2.75, 3.05) is 0 Å². The lowest BCUT2D eigenvalue weighted by molar-refractivity contribution is 0.555. The van der Waals surface area contributed by atoms with Gasteiger partial charge in [-0.3, -0.25) is 0 Å². The van der Waals surface area contributed by atoms with Crippen LogP contribution in [-0.4, -0.2) is 20.2 Å². The van der Waals surface area contributed by atoms with Gasteiger partial charge in [-0.2, -0.15) is 4.80 Å². The third kappa shape index (κ3) is 3.34. The van der Waals surface area contributed by atoms with Crippen LogP contribution in [0.2, 0.25) is 0 Å². The second-order valence-electron chi connectivity index (χ2n) is 3.85. The Hall–Kier alpha value is -1.27. The maximum Gasteiger partial charge on any atom is 0.188 e. The molecular formula is C11H14BrN5. The van der Waals surface area contributed by atoms with Crippen LogP contribution in [0.1, 0.15) is 24.4 Å². The molecule has 0 fully saturated rings. The third-order valence-corrected chi connectivity index (χ3v) is 3.01. The first-order valence-corrected chi connectivity index (χ1v) is 6.16. The molecule has 2 aromatic rings. The van der Waals surface area contributed by atoms with E-state index in [9.17, 15) is 0 Å². The molecule has 0 aliphatic carbocycles. The molecule has 1 aromatic heterocycles. The van der Waals surface area contributed by atoms with E-state index in [0.29, 0.717) is 12.4 Å². The molecule has 0 amide bonds. The van der Waals surface area contributed by atoms with Crippen LogP contribution in [0.5, 0.6) is 0 Å². The van der Waals surface area contributed by atoms with E-state index in [4.69, 9.17) is 0 Å². The molecule has 0 radical (unpaired) electrons. The number of benzene rings is 1. The van der Waals surface area contributed by atoms with Crippen molar-refractivity contribution in [1.82, 2.24) is 25.5 Å². The normalized spacial score (nSPS) is 12.6. The standard InChI is InChI=1S/C11H14BrN5/c1-8(9-3-5-10(12)6-4-9)13-7-11-14-16-17(2)15-11/h3-6,8,13H,7H2,1-2H3/t8-/m0/s1. The van der Waals surface area contributed by atoms with Crippen molar-refractivity contribution in [3.63, 3.8) is 0 Å². The smallest absolute Gasteiger partial charge is 0.188 e. The van der Waals surface area contributed by atoms with E-state index < -0.39 is 0 Å². The van der Waals surface area contributed by atoms with E-state index in [-0.39, 0.29) is 6.04 Å². The highest BCUT2D eigenvalue weighted by Gasteiger charge is 2.06. The average molecular weight is 296 g/mol. The Morgan fingerprint density at radius 3 is 2.65 bits per heavy atom. The van der Waals surface area contributed by atoms with Crippen molar-refractivity contribution in [1.29, 1.82) is 0 Å². The van der Waals surface area contributed by atoms with E-state index in [1.807, 2.05) is 12.1 Å². The fourth-order valence-corrected chi connectivity index (χ4v) is 1.77. The Bertz CT molecular complexity index is 479. The molecule has 1 aromatic carbocycles. The molecule has 0 saturated heterocycles. The van der Waals surface area contributed by atoms with Crippen LogP contribution in [0, 0.1) is 0 Å². The summed E-state index contributed by atoms with van der Waals surface area (Å²) in [5.41, 5.74) is 1.23. The number of hydrogen-bond acceptors (Lipinski definition) is 4. The first-order valence-electron chi connectivity index (χ1n) is 5.37. The molecule has 6 heteroatoms. The number of hydrogen-bond donors (Lipinski definition) is 1. The van der Waals surface area contributed by atoms with Crippen molar-refractivity contribution in [2.45, 2.75) is 19.5 Å². The minimum absolute atomic E-state index is 0.256. The summed E-state index contributed by atoms with van der Waals surface area (Å²) in [4.78, 5) is 1.46. The molecule has 2 rings (SSSR count). The summed E-state index contributed by atoms with van der Waals surface area (Å²) in [6, 6.07) is 8.51. The van der Waals surface area contributed by atoms with Gasteiger partial charge in [0.15, 0.2) is 5.82 Å². The molecule has 0 aliphatic rings. The van der Waals surface area contributed by atoms with Crippen LogP contribution in [0.4, 0.5) is 0 Å². The van der Waals surface area contributed by atoms with Gasteiger partial charge in [-0.1, -0.05) is 28.1 Å². The minimum atomic E-state index is 0.256. The van der Waals surface area contributed by atoms with Crippen molar-refractivity contribution >= 4 is 15.9 Å². The predicted octanol–water partition coefficient (Wildman–Crippen LogP) is 1.82. The molecule has 0 spiro atoms. The lowest BCUT2D eigenvalue weighted by Crippen LogP contribution is -2.19. The fraction of sp³-hybridized carbons (Fsp3) is 0.364. The predicted molar refractivity (Wildman–Crippen MR) is 68.2 cm³/mol. The zero-order valence-corrected chi connectivity index (χ0v) is 11.3. The average Bonchev–Trinajstić information content (AvgIpc) is 2.73. The Kier molecular flexibility index (Phi) is 3.86. The highest BCUT2D eigenvalue weighted by Crippen LogP contribution is 2.16. The number of nitrogens with one attached hydrogen (secondary N) is 1. The quantitative estimate of drug-likeness (QED) is 0.935.